The van der Waals surface area contributed by atoms with Crippen LogP contribution >= 0.6 is 0 Å². The first-order valence-corrected chi connectivity index (χ1v) is 9.91. The minimum absolute atomic E-state index is 0.0564. The van der Waals surface area contributed by atoms with Crippen molar-refractivity contribution in [2.45, 2.75) is 85.3 Å². The third-order valence-corrected chi connectivity index (χ3v) is 5.65. The number of hydrogen-bond donors (Lipinski definition) is 0. The third kappa shape index (κ3) is 3.90. The molecule has 1 spiro atoms. The quantitative estimate of drug-likeness (QED) is 0.685. The van der Waals surface area contributed by atoms with Gasteiger partial charge in [0.1, 0.15) is 11.3 Å². The van der Waals surface area contributed by atoms with Crippen molar-refractivity contribution in [3.8, 4) is 0 Å². The Morgan fingerprint density at radius 3 is 2.19 bits per heavy atom. The van der Waals surface area contributed by atoms with Gasteiger partial charge in [-0.15, -0.1) is 0 Å². The number of carbonyl (C=O) groups is 2. The van der Waals surface area contributed by atoms with E-state index in [1.165, 1.54) is 0 Å². The van der Waals surface area contributed by atoms with Crippen LogP contribution in [0.4, 0.5) is 4.79 Å². The van der Waals surface area contributed by atoms with Crippen molar-refractivity contribution in [2.75, 3.05) is 13.1 Å². The summed E-state index contributed by atoms with van der Waals surface area (Å²) in [5, 5.41) is 4.69. The molecule has 1 aliphatic carbocycles. The summed E-state index contributed by atoms with van der Waals surface area (Å²) in [6, 6.07) is 0. The second-order valence-electron chi connectivity index (χ2n) is 10.2. The lowest BCUT2D eigenvalue weighted by Crippen LogP contribution is -2.48. The van der Waals surface area contributed by atoms with Crippen LogP contribution in [0.2, 0.25) is 0 Å². The van der Waals surface area contributed by atoms with Gasteiger partial charge in [0, 0.05) is 25.1 Å². The maximum absolute atomic E-state index is 13.1. The van der Waals surface area contributed by atoms with Crippen LogP contribution < -0.4 is 0 Å². The molecule has 1 aromatic rings. The smallest absolute Gasteiger partial charge is 0.410 e. The third-order valence-electron chi connectivity index (χ3n) is 5.65. The summed E-state index contributed by atoms with van der Waals surface area (Å²) in [5.74, 6) is 0.192. The van der Waals surface area contributed by atoms with Crippen LogP contribution in [0.5, 0.6) is 0 Å². The number of aromatic nitrogens is 2. The molecule has 0 saturated carbocycles. The van der Waals surface area contributed by atoms with Crippen molar-refractivity contribution in [1.29, 1.82) is 0 Å². The van der Waals surface area contributed by atoms with E-state index in [0.717, 1.165) is 36.2 Å². The highest BCUT2D eigenvalue weighted by molar-refractivity contribution is 5.98. The number of rotatable bonds is 0. The number of fused-ring (bicyclic) bond motifs is 1. The highest BCUT2D eigenvalue weighted by Crippen LogP contribution is 2.45. The summed E-state index contributed by atoms with van der Waals surface area (Å²) in [4.78, 5) is 27.2. The number of ether oxygens (including phenoxy) is 1. The molecule has 0 radical (unpaired) electrons. The number of ketones is 1. The van der Waals surface area contributed by atoms with Crippen LogP contribution in [0.1, 0.15) is 82.6 Å². The lowest BCUT2D eigenvalue weighted by molar-refractivity contribution is 0.00872. The second kappa shape index (κ2) is 6.35. The van der Waals surface area contributed by atoms with E-state index >= 15 is 0 Å². The van der Waals surface area contributed by atoms with Gasteiger partial charge in [-0.1, -0.05) is 0 Å². The van der Waals surface area contributed by atoms with Gasteiger partial charge in [-0.2, -0.15) is 5.10 Å². The van der Waals surface area contributed by atoms with Gasteiger partial charge in [-0.25, -0.2) is 4.79 Å². The fourth-order valence-electron chi connectivity index (χ4n) is 4.25. The van der Waals surface area contributed by atoms with Gasteiger partial charge in [0.2, 0.25) is 0 Å². The Labute approximate surface area is 162 Å². The van der Waals surface area contributed by atoms with Gasteiger partial charge in [0.25, 0.3) is 0 Å². The molecule has 27 heavy (non-hydrogen) atoms. The summed E-state index contributed by atoms with van der Waals surface area (Å²) in [5.41, 5.74) is 2.10. The molecule has 150 valence electrons. The summed E-state index contributed by atoms with van der Waals surface area (Å²) < 4.78 is 7.40. The minimum Gasteiger partial charge on any atom is -0.444 e. The zero-order chi connectivity index (χ0) is 20.2. The van der Waals surface area contributed by atoms with E-state index in [1.807, 2.05) is 32.4 Å². The molecule has 1 aromatic heterocycles. The average molecular weight is 376 g/mol. The fourth-order valence-corrected chi connectivity index (χ4v) is 4.25. The van der Waals surface area contributed by atoms with Crippen LogP contribution in [0, 0.1) is 12.3 Å². The maximum Gasteiger partial charge on any atom is 0.410 e. The maximum atomic E-state index is 13.1. The van der Waals surface area contributed by atoms with Crippen molar-refractivity contribution in [3.63, 3.8) is 0 Å². The van der Waals surface area contributed by atoms with Gasteiger partial charge >= 0.3 is 6.09 Å². The molecule has 1 amide bonds. The Kier molecular flexibility index (Phi) is 4.68. The van der Waals surface area contributed by atoms with Crippen LogP contribution in [0.3, 0.4) is 0 Å². The molecular formula is C21H33N3O3. The molecule has 0 atom stereocenters. The molecule has 0 unspecified atom stereocenters. The molecule has 3 rings (SSSR count). The molecule has 0 bridgehead atoms. The molecule has 1 fully saturated rings. The van der Waals surface area contributed by atoms with Crippen molar-refractivity contribution in [1.82, 2.24) is 14.7 Å². The largest absolute Gasteiger partial charge is 0.444 e. The summed E-state index contributed by atoms with van der Waals surface area (Å²) in [6.07, 6.45) is 2.83. The van der Waals surface area contributed by atoms with Crippen LogP contribution in [0.25, 0.3) is 0 Å². The SMILES string of the molecule is Cc1nn(C(C)(C)C)c2c1CC1(CCN(C(=O)OC(C)(C)C)CC1)CC2=O. The van der Waals surface area contributed by atoms with Crippen molar-refractivity contribution in [2.24, 2.45) is 5.41 Å². The topological polar surface area (TPSA) is 64.4 Å². The van der Waals surface area contributed by atoms with Crippen LogP contribution in [-0.2, 0) is 16.7 Å². The molecule has 2 aliphatic rings. The van der Waals surface area contributed by atoms with Gasteiger partial charge in [-0.05, 0) is 73.1 Å². The number of nitrogens with zero attached hydrogens (tertiary/aromatic N) is 3. The Balaban J connectivity index is 1.77. The molecule has 1 saturated heterocycles. The monoisotopic (exact) mass is 375 g/mol. The first-order valence-electron chi connectivity index (χ1n) is 9.91. The van der Waals surface area contributed by atoms with Crippen LogP contribution in [-0.4, -0.2) is 45.2 Å². The molecule has 6 nitrogen and oxygen atoms in total. The zero-order valence-corrected chi connectivity index (χ0v) is 17.8. The van der Waals surface area contributed by atoms with Crippen LogP contribution in [0.15, 0.2) is 0 Å². The van der Waals surface area contributed by atoms with Gasteiger partial charge in [-0.3, -0.25) is 9.48 Å². The van der Waals surface area contributed by atoms with Gasteiger partial charge in [0.15, 0.2) is 5.78 Å². The van der Waals surface area contributed by atoms with Gasteiger partial charge in [0.05, 0.1) is 11.2 Å². The normalized spacial score (nSPS) is 20.0. The van der Waals surface area contributed by atoms with Crippen molar-refractivity contribution >= 4 is 11.9 Å². The van der Waals surface area contributed by atoms with Crippen molar-refractivity contribution < 1.29 is 14.3 Å². The van der Waals surface area contributed by atoms with E-state index in [2.05, 4.69) is 25.9 Å². The molecule has 1 aliphatic heterocycles. The number of hydrogen-bond acceptors (Lipinski definition) is 4. The number of amides is 1. The summed E-state index contributed by atoms with van der Waals surface area (Å²) >= 11 is 0. The average Bonchev–Trinajstić information content (AvgIpc) is 2.84. The van der Waals surface area contributed by atoms with E-state index in [4.69, 9.17) is 4.74 Å². The summed E-state index contributed by atoms with van der Waals surface area (Å²) in [7, 11) is 0. The first-order chi connectivity index (χ1) is 12.3. The minimum atomic E-state index is -0.486. The number of piperidine rings is 1. The predicted octanol–water partition coefficient (Wildman–Crippen LogP) is 4.09. The van der Waals surface area contributed by atoms with E-state index in [1.54, 1.807) is 4.90 Å². The Morgan fingerprint density at radius 1 is 1.07 bits per heavy atom. The molecule has 0 N–H and O–H groups in total. The molecule has 0 aromatic carbocycles. The van der Waals surface area contributed by atoms with E-state index < -0.39 is 5.60 Å². The predicted molar refractivity (Wildman–Crippen MR) is 104 cm³/mol. The standard InChI is InChI=1S/C21H33N3O3/c1-14-15-12-21(13-16(25)17(15)24(22-14)19(2,3)4)8-10-23(11-9-21)18(26)27-20(5,6)7/h8-13H2,1-7H3. The number of likely N-dealkylation sites (tertiary alicyclic amines) is 1. The van der Waals surface area contributed by atoms with E-state index in [0.29, 0.717) is 19.5 Å². The molecular weight excluding hydrogens is 342 g/mol. The van der Waals surface area contributed by atoms with Gasteiger partial charge < -0.3 is 9.64 Å². The van der Waals surface area contributed by atoms with E-state index in [-0.39, 0.29) is 22.8 Å². The fraction of sp³-hybridized carbons (Fsp3) is 0.762. The Bertz CT molecular complexity index is 757. The Morgan fingerprint density at radius 2 is 1.67 bits per heavy atom. The number of aryl methyl sites for hydroxylation is 1. The highest BCUT2D eigenvalue weighted by Gasteiger charge is 2.45. The summed E-state index contributed by atoms with van der Waals surface area (Å²) in [6.45, 7) is 15.2. The first kappa shape index (κ1) is 19.9. The number of carbonyl (C=O) groups excluding carboxylic acids is 2. The lowest BCUT2D eigenvalue weighted by atomic mass is 9.66. The highest BCUT2D eigenvalue weighted by atomic mass is 16.6. The second-order valence-corrected chi connectivity index (χ2v) is 10.2. The zero-order valence-electron chi connectivity index (χ0n) is 17.8. The molecule has 2 heterocycles. The number of Topliss-reactive ketones (excluding diaryl/α,β-unsaturated/α-hetero) is 1. The van der Waals surface area contributed by atoms with Crippen molar-refractivity contribution in [3.05, 3.63) is 17.0 Å². The Hall–Kier alpha value is -1.85. The lowest BCUT2D eigenvalue weighted by Gasteiger charge is -2.44. The molecule has 6 heteroatoms. The van der Waals surface area contributed by atoms with E-state index in [9.17, 15) is 9.59 Å².